The molecule has 0 saturated carbocycles. The highest BCUT2D eigenvalue weighted by Gasteiger charge is 2.28. The fourth-order valence-electron chi connectivity index (χ4n) is 3.72. The Morgan fingerprint density at radius 2 is 1.56 bits per heavy atom. The molecule has 0 spiro atoms. The van der Waals surface area contributed by atoms with E-state index in [1.165, 1.54) is 4.31 Å². The van der Waals surface area contributed by atoms with E-state index in [1.807, 2.05) is 57.2 Å². The van der Waals surface area contributed by atoms with Crippen LogP contribution < -0.4 is 9.62 Å². The number of sulfonamides is 1. The smallest absolute Gasteiger partial charge is 0.242 e. The Hall–Kier alpha value is -2.87. The molecule has 0 aliphatic carbocycles. The van der Waals surface area contributed by atoms with E-state index in [0.29, 0.717) is 37.5 Å². The second kappa shape index (κ2) is 13.1. The summed E-state index contributed by atoms with van der Waals surface area (Å²) in [4.78, 5) is 27.9. The van der Waals surface area contributed by atoms with Crippen molar-refractivity contribution in [2.24, 2.45) is 5.92 Å². The lowest BCUT2D eigenvalue weighted by Gasteiger charge is -2.31. The van der Waals surface area contributed by atoms with Gasteiger partial charge in [0.25, 0.3) is 0 Å². The van der Waals surface area contributed by atoms with Gasteiger partial charge in [-0.1, -0.05) is 69.3 Å². The van der Waals surface area contributed by atoms with Gasteiger partial charge in [0.2, 0.25) is 21.8 Å². The number of nitrogens with one attached hydrogen (secondary N) is 1. The zero-order valence-electron chi connectivity index (χ0n) is 20.6. The standard InChI is InChI=1S/C26H37N3O4S/c1-5-24(26(31)27-19-21(2)3)28(20-22-13-8-6-9-14-22)25(30)17-12-18-29(34(4,32)33)23-15-10-7-11-16-23/h6-11,13-16,21,24H,5,12,17-20H2,1-4H3,(H,27,31)/t24-/m1/s1. The zero-order chi connectivity index (χ0) is 25.1. The Kier molecular flexibility index (Phi) is 10.6. The summed E-state index contributed by atoms with van der Waals surface area (Å²) in [5.41, 5.74) is 1.51. The first kappa shape index (κ1) is 27.4. The lowest BCUT2D eigenvalue weighted by Crippen LogP contribution is -2.49. The Labute approximate surface area is 204 Å². The quantitative estimate of drug-likeness (QED) is 0.465. The molecule has 1 N–H and O–H groups in total. The molecule has 0 unspecified atom stereocenters. The zero-order valence-corrected chi connectivity index (χ0v) is 21.4. The van der Waals surface area contributed by atoms with E-state index in [2.05, 4.69) is 5.32 Å². The van der Waals surface area contributed by atoms with Crippen molar-refractivity contribution in [2.75, 3.05) is 23.7 Å². The summed E-state index contributed by atoms with van der Waals surface area (Å²) in [6.45, 7) is 6.99. The minimum Gasteiger partial charge on any atom is -0.354 e. The molecule has 2 aromatic rings. The normalized spacial score (nSPS) is 12.3. The molecule has 0 aliphatic heterocycles. The number of carbonyl (C=O) groups excluding carboxylic acids is 2. The summed E-state index contributed by atoms with van der Waals surface area (Å²) in [5.74, 6) is -0.0286. The van der Waals surface area contributed by atoms with Gasteiger partial charge in [0.1, 0.15) is 6.04 Å². The highest BCUT2D eigenvalue weighted by Crippen LogP contribution is 2.19. The topological polar surface area (TPSA) is 86.8 Å². The minimum absolute atomic E-state index is 0.139. The van der Waals surface area contributed by atoms with Crippen LogP contribution in [0, 0.1) is 5.92 Å². The van der Waals surface area contributed by atoms with Crippen LogP contribution in [0.3, 0.4) is 0 Å². The molecule has 8 heteroatoms. The van der Waals surface area contributed by atoms with Crippen LogP contribution in [0.1, 0.15) is 45.6 Å². The van der Waals surface area contributed by atoms with E-state index < -0.39 is 16.1 Å². The molecule has 0 heterocycles. The Morgan fingerprint density at radius 1 is 0.971 bits per heavy atom. The Balaban J connectivity index is 2.16. The molecule has 0 aromatic heterocycles. The fourth-order valence-corrected chi connectivity index (χ4v) is 4.69. The minimum atomic E-state index is -3.49. The number of hydrogen-bond acceptors (Lipinski definition) is 4. The molecule has 0 radical (unpaired) electrons. The third-order valence-corrected chi connectivity index (χ3v) is 6.66. The predicted molar refractivity (Wildman–Crippen MR) is 137 cm³/mol. The van der Waals surface area contributed by atoms with Gasteiger partial charge in [-0.15, -0.1) is 0 Å². The van der Waals surface area contributed by atoms with Crippen LogP contribution in [0.4, 0.5) is 5.69 Å². The molecule has 2 aromatic carbocycles. The number of para-hydroxylation sites is 1. The van der Waals surface area contributed by atoms with E-state index in [-0.39, 0.29) is 24.8 Å². The summed E-state index contributed by atoms with van der Waals surface area (Å²) < 4.78 is 26.0. The van der Waals surface area contributed by atoms with Gasteiger partial charge < -0.3 is 10.2 Å². The maximum absolute atomic E-state index is 13.3. The number of hydrogen-bond donors (Lipinski definition) is 1. The second-order valence-electron chi connectivity index (χ2n) is 8.84. The van der Waals surface area contributed by atoms with Crippen LogP contribution in [0.5, 0.6) is 0 Å². The van der Waals surface area contributed by atoms with Gasteiger partial charge in [-0.05, 0) is 36.5 Å². The van der Waals surface area contributed by atoms with Crippen LogP contribution >= 0.6 is 0 Å². The van der Waals surface area contributed by atoms with Crippen molar-refractivity contribution in [2.45, 2.75) is 52.6 Å². The van der Waals surface area contributed by atoms with E-state index in [9.17, 15) is 18.0 Å². The Morgan fingerprint density at radius 3 is 2.09 bits per heavy atom. The van der Waals surface area contributed by atoms with Gasteiger partial charge in [0.15, 0.2) is 0 Å². The number of anilines is 1. The van der Waals surface area contributed by atoms with Crippen molar-refractivity contribution in [1.82, 2.24) is 10.2 Å². The van der Waals surface area contributed by atoms with Crippen molar-refractivity contribution in [3.63, 3.8) is 0 Å². The van der Waals surface area contributed by atoms with E-state index in [0.717, 1.165) is 11.8 Å². The highest BCUT2D eigenvalue weighted by atomic mass is 32.2. The lowest BCUT2D eigenvalue weighted by molar-refractivity contribution is -0.141. The van der Waals surface area contributed by atoms with Crippen molar-refractivity contribution < 1.29 is 18.0 Å². The van der Waals surface area contributed by atoms with Crippen LogP contribution in [0.25, 0.3) is 0 Å². The molecular weight excluding hydrogens is 450 g/mol. The van der Waals surface area contributed by atoms with Crippen LogP contribution in [0.15, 0.2) is 60.7 Å². The molecule has 7 nitrogen and oxygen atoms in total. The summed E-state index contributed by atoms with van der Waals surface area (Å²) >= 11 is 0. The van der Waals surface area contributed by atoms with Gasteiger partial charge >= 0.3 is 0 Å². The molecule has 2 rings (SSSR count). The molecular formula is C26H37N3O4S. The first-order valence-electron chi connectivity index (χ1n) is 11.8. The predicted octanol–water partition coefficient (Wildman–Crippen LogP) is 3.81. The van der Waals surface area contributed by atoms with Crippen molar-refractivity contribution in [3.8, 4) is 0 Å². The third-order valence-electron chi connectivity index (χ3n) is 5.46. The van der Waals surface area contributed by atoms with Crippen molar-refractivity contribution in [1.29, 1.82) is 0 Å². The van der Waals surface area contributed by atoms with Crippen LogP contribution in [0.2, 0.25) is 0 Å². The number of benzene rings is 2. The first-order chi connectivity index (χ1) is 16.1. The number of amides is 2. The lowest BCUT2D eigenvalue weighted by atomic mass is 10.1. The summed E-state index contributed by atoms with van der Waals surface area (Å²) in [5, 5.41) is 2.95. The summed E-state index contributed by atoms with van der Waals surface area (Å²) in [6, 6.07) is 17.8. The molecule has 0 aliphatic rings. The molecule has 0 fully saturated rings. The maximum Gasteiger partial charge on any atom is 0.242 e. The van der Waals surface area contributed by atoms with Gasteiger partial charge in [-0.2, -0.15) is 0 Å². The highest BCUT2D eigenvalue weighted by molar-refractivity contribution is 7.92. The van der Waals surface area contributed by atoms with Gasteiger partial charge in [0, 0.05) is 26.1 Å². The largest absolute Gasteiger partial charge is 0.354 e. The number of carbonyl (C=O) groups is 2. The second-order valence-corrected chi connectivity index (χ2v) is 10.8. The van der Waals surface area contributed by atoms with Gasteiger partial charge in [0.05, 0.1) is 11.9 Å². The SMILES string of the molecule is CC[C@H](C(=O)NCC(C)C)N(Cc1ccccc1)C(=O)CCCN(c1ccccc1)S(C)(=O)=O. The van der Waals surface area contributed by atoms with Gasteiger partial charge in [-0.25, -0.2) is 8.42 Å². The fraction of sp³-hybridized carbons (Fsp3) is 0.462. The number of nitrogens with zero attached hydrogens (tertiary/aromatic N) is 2. The van der Waals surface area contributed by atoms with Crippen LogP contribution in [-0.2, 0) is 26.2 Å². The van der Waals surface area contributed by atoms with Gasteiger partial charge in [-0.3, -0.25) is 13.9 Å². The summed E-state index contributed by atoms with van der Waals surface area (Å²) in [6.07, 6.45) is 2.13. The molecule has 1 atom stereocenters. The monoisotopic (exact) mass is 487 g/mol. The van der Waals surface area contributed by atoms with Crippen molar-refractivity contribution in [3.05, 3.63) is 66.2 Å². The maximum atomic E-state index is 13.3. The summed E-state index contributed by atoms with van der Waals surface area (Å²) in [7, 11) is -3.49. The first-order valence-corrected chi connectivity index (χ1v) is 13.6. The Bertz CT molecular complexity index is 1010. The number of rotatable bonds is 13. The molecule has 0 bridgehead atoms. The molecule has 186 valence electrons. The molecule has 0 saturated heterocycles. The van der Waals surface area contributed by atoms with E-state index >= 15 is 0 Å². The molecule has 34 heavy (non-hydrogen) atoms. The van der Waals surface area contributed by atoms with E-state index in [1.54, 1.807) is 29.2 Å². The average Bonchev–Trinajstić information content (AvgIpc) is 2.80. The molecule has 2 amide bonds. The van der Waals surface area contributed by atoms with E-state index in [4.69, 9.17) is 0 Å². The third kappa shape index (κ3) is 8.48. The average molecular weight is 488 g/mol. The van der Waals surface area contributed by atoms with Crippen molar-refractivity contribution >= 4 is 27.5 Å². The van der Waals surface area contributed by atoms with Crippen LogP contribution in [-0.4, -0.2) is 50.5 Å².